The summed E-state index contributed by atoms with van der Waals surface area (Å²) in [5.74, 6) is -0.431. The van der Waals surface area contributed by atoms with Crippen molar-refractivity contribution in [2.24, 2.45) is 5.92 Å². The van der Waals surface area contributed by atoms with Crippen LogP contribution in [0.1, 0.15) is 49.2 Å². The summed E-state index contributed by atoms with van der Waals surface area (Å²) in [6.45, 7) is 1.86. The number of hydrogen-bond donors (Lipinski definition) is 1. The first-order valence-corrected chi connectivity index (χ1v) is 14.2. The van der Waals surface area contributed by atoms with Gasteiger partial charge in [0.1, 0.15) is 6.07 Å². The molecule has 2 aromatic carbocycles. The van der Waals surface area contributed by atoms with E-state index in [1.165, 1.54) is 23.3 Å². The minimum atomic E-state index is -0.451. The van der Waals surface area contributed by atoms with Gasteiger partial charge >= 0.3 is 0 Å². The Morgan fingerprint density at radius 2 is 1.84 bits per heavy atom. The average Bonchev–Trinajstić information content (AvgIpc) is 3.52. The van der Waals surface area contributed by atoms with Crippen LogP contribution < -0.4 is 10.9 Å². The van der Waals surface area contributed by atoms with Gasteiger partial charge in [-0.2, -0.15) is 10.5 Å². The molecule has 11 nitrogen and oxygen atoms in total. The number of benzene rings is 2. The Hall–Kier alpha value is -5.65. The van der Waals surface area contributed by atoms with Gasteiger partial charge in [-0.15, -0.1) is 5.10 Å². The average molecular weight is 602 g/mol. The van der Waals surface area contributed by atoms with E-state index in [0.29, 0.717) is 58.2 Å². The van der Waals surface area contributed by atoms with Gasteiger partial charge in [-0.25, -0.2) is 9.67 Å². The molecule has 0 fully saturated rings. The van der Waals surface area contributed by atoms with Gasteiger partial charge in [-0.1, -0.05) is 36.2 Å². The molecule has 2 bridgehead atoms. The number of halogens is 1. The molecule has 1 aliphatic heterocycles. The summed E-state index contributed by atoms with van der Waals surface area (Å²) in [6, 6.07) is 19.1. The van der Waals surface area contributed by atoms with Crippen molar-refractivity contribution in [2.45, 2.75) is 32.2 Å². The molecular formula is C32H24ClN9O2. The Balaban J connectivity index is 1.44. The van der Waals surface area contributed by atoms with Crippen molar-refractivity contribution in [3.05, 3.63) is 106 Å². The maximum atomic E-state index is 13.7. The first-order valence-electron chi connectivity index (χ1n) is 13.9. The van der Waals surface area contributed by atoms with Crippen LogP contribution in [0.15, 0.2) is 78.1 Å². The van der Waals surface area contributed by atoms with Crippen molar-refractivity contribution in [1.82, 2.24) is 29.5 Å². The van der Waals surface area contributed by atoms with Gasteiger partial charge in [0, 0.05) is 40.0 Å². The molecule has 44 heavy (non-hydrogen) atoms. The smallest absolute Gasteiger partial charge is 0.254 e. The van der Waals surface area contributed by atoms with E-state index in [9.17, 15) is 20.1 Å². The predicted octanol–water partition coefficient (Wildman–Crippen LogP) is 5.30. The lowest BCUT2D eigenvalue weighted by atomic mass is 9.95. The number of pyridine rings is 1. The van der Waals surface area contributed by atoms with Gasteiger partial charge in [0.05, 0.1) is 47.3 Å². The Bertz CT molecular complexity index is 2050. The zero-order valence-corrected chi connectivity index (χ0v) is 24.2. The maximum absolute atomic E-state index is 13.7. The zero-order chi connectivity index (χ0) is 30.8. The Labute approximate surface area is 257 Å². The minimum absolute atomic E-state index is 0.137. The van der Waals surface area contributed by atoms with Crippen molar-refractivity contribution in [1.29, 1.82) is 10.5 Å². The maximum Gasteiger partial charge on any atom is 0.254 e. The number of carbonyl (C=O) groups excluding carboxylic acids is 1. The molecule has 0 spiro atoms. The molecule has 0 saturated heterocycles. The van der Waals surface area contributed by atoms with E-state index in [1.54, 1.807) is 47.2 Å². The van der Waals surface area contributed by atoms with Gasteiger partial charge in [0.25, 0.3) is 5.56 Å². The molecule has 12 heteroatoms. The highest BCUT2D eigenvalue weighted by atomic mass is 35.5. The predicted molar refractivity (Wildman–Crippen MR) is 163 cm³/mol. The number of amides is 1. The second-order valence-electron chi connectivity index (χ2n) is 10.5. The molecule has 4 heterocycles. The molecule has 0 radical (unpaired) electrons. The van der Waals surface area contributed by atoms with Crippen LogP contribution in [0.4, 0.5) is 5.69 Å². The number of anilines is 1. The van der Waals surface area contributed by atoms with Crippen LogP contribution in [0.5, 0.6) is 0 Å². The Kier molecular flexibility index (Phi) is 7.71. The molecule has 1 amide bonds. The normalized spacial score (nSPS) is 16.4. The fourth-order valence-electron chi connectivity index (χ4n) is 5.34. The highest BCUT2D eigenvalue weighted by Gasteiger charge is 2.23. The monoisotopic (exact) mass is 601 g/mol. The quantitative estimate of drug-likeness (QED) is 0.292. The summed E-state index contributed by atoms with van der Waals surface area (Å²) in [6.07, 6.45) is 6.44. The molecule has 0 saturated carbocycles. The second-order valence-corrected chi connectivity index (χ2v) is 11.0. The molecule has 2 atom stereocenters. The van der Waals surface area contributed by atoms with Crippen LogP contribution in [0, 0.1) is 28.6 Å². The van der Waals surface area contributed by atoms with Crippen molar-refractivity contribution < 1.29 is 4.79 Å². The number of hydrogen-bond acceptors (Lipinski definition) is 8. The number of nitrogens with one attached hydrogen (secondary N) is 1. The van der Waals surface area contributed by atoms with Crippen LogP contribution >= 0.6 is 11.6 Å². The van der Waals surface area contributed by atoms with E-state index < -0.39 is 6.04 Å². The van der Waals surface area contributed by atoms with Crippen molar-refractivity contribution >= 4 is 23.2 Å². The fraction of sp³-hybridized carbons (Fsp3) is 0.188. The van der Waals surface area contributed by atoms with Crippen LogP contribution in [-0.4, -0.2) is 35.4 Å². The number of rotatable bonds is 3. The number of carbonyl (C=O) groups is 1. The molecule has 5 aromatic rings. The van der Waals surface area contributed by atoms with Gasteiger partial charge in [-0.3, -0.25) is 19.1 Å². The van der Waals surface area contributed by atoms with Crippen LogP contribution in [0.25, 0.3) is 28.1 Å². The topological polar surface area (TPSA) is 155 Å². The van der Waals surface area contributed by atoms with E-state index >= 15 is 0 Å². The van der Waals surface area contributed by atoms with Crippen LogP contribution in [0.3, 0.4) is 0 Å². The Morgan fingerprint density at radius 3 is 2.61 bits per heavy atom. The molecule has 216 valence electrons. The molecular weight excluding hydrogens is 578 g/mol. The van der Waals surface area contributed by atoms with Gasteiger partial charge in [0.2, 0.25) is 5.91 Å². The number of fused-ring (bicyclic) bond motifs is 4. The highest BCUT2D eigenvalue weighted by Crippen LogP contribution is 2.34. The molecule has 6 rings (SSSR count). The van der Waals surface area contributed by atoms with Crippen LogP contribution in [-0.2, 0) is 4.79 Å². The summed E-state index contributed by atoms with van der Waals surface area (Å²) < 4.78 is 2.99. The van der Waals surface area contributed by atoms with E-state index in [1.807, 2.05) is 25.1 Å². The van der Waals surface area contributed by atoms with Gasteiger partial charge in [-0.05, 0) is 60.9 Å². The summed E-state index contributed by atoms with van der Waals surface area (Å²) in [5.41, 5.74) is 4.51. The molecule has 0 unspecified atom stereocenters. The number of aromatic nitrogens is 6. The van der Waals surface area contributed by atoms with Gasteiger partial charge in [0.15, 0.2) is 5.69 Å². The van der Waals surface area contributed by atoms with Gasteiger partial charge < -0.3 is 5.32 Å². The Morgan fingerprint density at radius 1 is 0.977 bits per heavy atom. The summed E-state index contributed by atoms with van der Waals surface area (Å²) in [5, 5.41) is 29.9. The van der Waals surface area contributed by atoms with Crippen LogP contribution in [0.2, 0.25) is 5.02 Å². The lowest BCUT2D eigenvalue weighted by Gasteiger charge is -2.23. The van der Waals surface area contributed by atoms with E-state index in [0.717, 1.165) is 11.1 Å². The largest absolute Gasteiger partial charge is 0.325 e. The molecule has 1 N–H and O–H groups in total. The standard InChI is InChI=1S/C32H24ClN9O2/c1-19-3-2-4-30(28-12-21(9-10-36-28)24-7-5-20(15-34)11-27(24)38-32(19)44)41-18-37-26(14-31(41)43)25-13-22(33)6-8-29(25)42-17-23(16-35)39-40-42/h5-14,17-19,30H,2-4H2,1H3,(H,38,44)/t19-,30+/m1/s1. The fourth-order valence-corrected chi connectivity index (χ4v) is 5.51. The van der Waals surface area contributed by atoms with Crippen molar-refractivity contribution in [3.63, 3.8) is 0 Å². The molecule has 1 aliphatic rings. The first-order chi connectivity index (χ1) is 21.3. The first kappa shape index (κ1) is 28.5. The highest BCUT2D eigenvalue weighted by molar-refractivity contribution is 6.31. The summed E-state index contributed by atoms with van der Waals surface area (Å²) >= 11 is 6.32. The lowest BCUT2D eigenvalue weighted by Crippen LogP contribution is -2.27. The van der Waals surface area contributed by atoms with Crippen molar-refractivity contribution in [2.75, 3.05) is 5.32 Å². The number of nitriles is 2. The third-order valence-corrected chi connectivity index (χ3v) is 7.90. The van der Waals surface area contributed by atoms with E-state index in [2.05, 4.69) is 31.7 Å². The zero-order valence-electron chi connectivity index (χ0n) is 23.5. The molecule has 3 aromatic heterocycles. The summed E-state index contributed by atoms with van der Waals surface area (Å²) in [4.78, 5) is 36.1. The SMILES string of the molecule is C[C@@H]1CCC[C@H](n2cnc(-c3cc(Cl)ccc3-n3cc(C#N)nn3)cc2=O)c2cc(ccn2)-c2ccc(C#N)cc2NC1=O. The lowest BCUT2D eigenvalue weighted by molar-refractivity contribution is -0.119. The van der Waals surface area contributed by atoms with E-state index in [4.69, 9.17) is 11.6 Å². The third kappa shape index (κ3) is 5.56. The second kappa shape index (κ2) is 11.9. The summed E-state index contributed by atoms with van der Waals surface area (Å²) in [7, 11) is 0. The van der Waals surface area contributed by atoms with Crippen molar-refractivity contribution in [3.8, 4) is 40.2 Å². The minimum Gasteiger partial charge on any atom is -0.325 e. The molecule has 0 aliphatic carbocycles. The third-order valence-electron chi connectivity index (χ3n) is 7.66. The van der Waals surface area contributed by atoms with E-state index in [-0.39, 0.29) is 23.1 Å². The number of nitrogens with zero attached hydrogens (tertiary/aromatic N) is 8.